The van der Waals surface area contributed by atoms with Gasteiger partial charge in [0.05, 0.1) is 10.7 Å². The monoisotopic (exact) mass is 304 g/mol. The number of hydrogen-bond donors (Lipinski definition) is 2. The first kappa shape index (κ1) is 14.4. The average Bonchev–Trinajstić information content (AvgIpc) is 2.73. The molecule has 21 heavy (non-hydrogen) atoms. The number of halogens is 2. The molecular formula is C17H18ClFN2. The van der Waals surface area contributed by atoms with Crippen LogP contribution in [0.4, 0.5) is 10.1 Å². The normalized spacial score (nSPS) is 14.4. The van der Waals surface area contributed by atoms with Crippen LogP contribution in [0.5, 0.6) is 0 Å². The Morgan fingerprint density at radius 1 is 1.05 bits per heavy atom. The number of benzene rings is 2. The molecule has 0 unspecified atom stereocenters. The van der Waals surface area contributed by atoms with Crippen molar-refractivity contribution in [2.24, 2.45) is 0 Å². The van der Waals surface area contributed by atoms with Crippen molar-refractivity contribution in [3.63, 3.8) is 0 Å². The Bertz CT molecular complexity index is 625. The van der Waals surface area contributed by atoms with Crippen molar-refractivity contribution in [2.45, 2.75) is 19.4 Å². The molecule has 110 valence electrons. The summed E-state index contributed by atoms with van der Waals surface area (Å²) in [6.45, 7) is 2.62. The van der Waals surface area contributed by atoms with Gasteiger partial charge in [0.1, 0.15) is 5.82 Å². The number of anilines is 1. The van der Waals surface area contributed by atoms with Gasteiger partial charge >= 0.3 is 0 Å². The van der Waals surface area contributed by atoms with Crippen molar-refractivity contribution in [1.29, 1.82) is 0 Å². The summed E-state index contributed by atoms with van der Waals surface area (Å²) in [5.41, 5.74) is 4.71. The van der Waals surface area contributed by atoms with E-state index in [-0.39, 0.29) is 5.82 Å². The summed E-state index contributed by atoms with van der Waals surface area (Å²) in [6.07, 6.45) is 2.00. The molecule has 1 heterocycles. The molecule has 0 fully saturated rings. The van der Waals surface area contributed by atoms with Crippen molar-refractivity contribution in [1.82, 2.24) is 5.32 Å². The molecule has 1 aliphatic rings. The van der Waals surface area contributed by atoms with E-state index in [1.54, 1.807) is 12.1 Å². The van der Waals surface area contributed by atoms with E-state index in [4.69, 9.17) is 11.6 Å². The first-order chi connectivity index (χ1) is 10.2. The zero-order valence-electron chi connectivity index (χ0n) is 11.8. The lowest BCUT2D eigenvalue weighted by atomic mass is 10.0. The van der Waals surface area contributed by atoms with Crippen LogP contribution in [0.3, 0.4) is 0 Å². The molecule has 0 saturated carbocycles. The molecular weight excluding hydrogens is 287 g/mol. The van der Waals surface area contributed by atoms with Gasteiger partial charge in [0.15, 0.2) is 0 Å². The van der Waals surface area contributed by atoms with E-state index in [1.165, 1.54) is 23.3 Å². The third-order valence-electron chi connectivity index (χ3n) is 3.86. The van der Waals surface area contributed by atoms with Crippen LogP contribution in [0.15, 0.2) is 36.4 Å². The number of fused-ring (bicyclic) bond motifs is 1. The summed E-state index contributed by atoms with van der Waals surface area (Å²) in [4.78, 5) is 0. The summed E-state index contributed by atoms with van der Waals surface area (Å²) in [5.74, 6) is -0.212. The third-order valence-corrected chi connectivity index (χ3v) is 4.18. The Morgan fingerprint density at radius 2 is 1.81 bits per heavy atom. The molecule has 0 radical (unpaired) electrons. The Balaban J connectivity index is 1.82. The van der Waals surface area contributed by atoms with Crippen LogP contribution in [-0.4, -0.2) is 13.1 Å². The molecule has 0 amide bonds. The summed E-state index contributed by atoms with van der Waals surface area (Å²) in [5, 5.41) is 7.58. The fourth-order valence-corrected chi connectivity index (χ4v) is 2.97. The molecule has 2 N–H and O–H groups in total. The van der Waals surface area contributed by atoms with Crippen LogP contribution in [0.2, 0.25) is 5.02 Å². The summed E-state index contributed by atoms with van der Waals surface area (Å²) in [7, 11) is 0. The lowest BCUT2D eigenvalue weighted by molar-refractivity contribution is 0.627. The first-order valence-electron chi connectivity index (χ1n) is 7.23. The second-order valence-corrected chi connectivity index (χ2v) is 5.70. The minimum Gasteiger partial charge on any atom is -0.380 e. The minimum absolute atomic E-state index is 0.212. The molecule has 2 aromatic rings. The van der Waals surface area contributed by atoms with Crippen LogP contribution < -0.4 is 10.6 Å². The van der Waals surface area contributed by atoms with Gasteiger partial charge in [-0.3, -0.25) is 0 Å². The van der Waals surface area contributed by atoms with Gasteiger partial charge in [-0.1, -0.05) is 29.8 Å². The fourth-order valence-electron chi connectivity index (χ4n) is 2.73. The molecule has 0 aromatic heterocycles. The van der Waals surface area contributed by atoms with Gasteiger partial charge in [-0.2, -0.15) is 0 Å². The molecule has 4 heteroatoms. The second kappa shape index (κ2) is 6.46. The van der Waals surface area contributed by atoms with Crippen molar-refractivity contribution in [3.05, 3.63) is 63.9 Å². The van der Waals surface area contributed by atoms with Crippen LogP contribution in [0.25, 0.3) is 0 Å². The van der Waals surface area contributed by atoms with E-state index < -0.39 is 0 Å². The minimum atomic E-state index is -0.212. The van der Waals surface area contributed by atoms with E-state index in [2.05, 4.69) is 16.7 Å². The van der Waals surface area contributed by atoms with Gasteiger partial charge in [0, 0.05) is 6.54 Å². The van der Waals surface area contributed by atoms with Crippen LogP contribution >= 0.6 is 11.6 Å². The topological polar surface area (TPSA) is 24.1 Å². The SMILES string of the molecule is Fc1ccc(CNc2c(Cl)ccc3c2CCNCC3)cc1. The molecule has 0 atom stereocenters. The van der Waals surface area contributed by atoms with Gasteiger partial charge in [-0.25, -0.2) is 4.39 Å². The third kappa shape index (κ3) is 3.36. The molecule has 2 nitrogen and oxygen atoms in total. The van der Waals surface area contributed by atoms with Crippen molar-refractivity contribution in [3.8, 4) is 0 Å². The first-order valence-corrected chi connectivity index (χ1v) is 7.61. The quantitative estimate of drug-likeness (QED) is 0.902. The highest BCUT2D eigenvalue weighted by molar-refractivity contribution is 6.33. The highest BCUT2D eigenvalue weighted by Crippen LogP contribution is 2.31. The van der Waals surface area contributed by atoms with Crippen LogP contribution in [0, 0.1) is 5.82 Å². The largest absolute Gasteiger partial charge is 0.380 e. The number of rotatable bonds is 3. The van der Waals surface area contributed by atoms with Gasteiger partial charge in [-0.15, -0.1) is 0 Å². The lowest BCUT2D eigenvalue weighted by Crippen LogP contribution is -2.16. The average molecular weight is 305 g/mol. The van der Waals surface area contributed by atoms with E-state index in [0.29, 0.717) is 6.54 Å². The maximum atomic E-state index is 12.9. The Hall–Kier alpha value is -1.58. The molecule has 0 spiro atoms. The smallest absolute Gasteiger partial charge is 0.123 e. The zero-order valence-corrected chi connectivity index (χ0v) is 12.5. The predicted molar refractivity (Wildman–Crippen MR) is 85.5 cm³/mol. The summed E-state index contributed by atoms with van der Waals surface area (Å²) in [6, 6.07) is 10.6. The Labute approximate surface area is 129 Å². The van der Waals surface area contributed by atoms with E-state index in [1.807, 2.05) is 6.07 Å². The molecule has 0 aliphatic carbocycles. The van der Waals surface area contributed by atoms with E-state index >= 15 is 0 Å². The molecule has 1 aliphatic heterocycles. The summed E-state index contributed by atoms with van der Waals surface area (Å²) >= 11 is 6.36. The molecule has 0 bridgehead atoms. The highest BCUT2D eigenvalue weighted by atomic mass is 35.5. The molecule has 3 rings (SSSR count). The standard InChI is InChI=1S/C17H18ClFN2/c18-16-6-3-13-7-9-20-10-8-15(13)17(16)21-11-12-1-4-14(19)5-2-12/h1-6,20-21H,7-11H2. The van der Waals surface area contributed by atoms with Gasteiger partial charge < -0.3 is 10.6 Å². The Morgan fingerprint density at radius 3 is 2.62 bits per heavy atom. The lowest BCUT2D eigenvalue weighted by Gasteiger charge is -2.16. The molecule has 0 saturated heterocycles. The molecule has 2 aromatic carbocycles. The van der Waals surface area contributed by atoms with Crippen molar-refractivity contribution in [2.75, 3.05) is 18.4 Å². The predicted octanol–water partition coefficient (Wildman–Crippen LogP) is 3.78. The fraction of sp³-hybridized carbons (Fsp3) is 0.294. The van der Waals surface area contributed by atoms with E-state index in [0.717, 1.165) is 42.2 Å². The number of hydrogen-bond acceptors (Lipinski definition) is 2. The van der Waals surface area contributed by atoms with Gasteiger partial charge in [-0.05, 0) is 60.8 Å². The van der Waals surface area contributed by atoms with Crippen molar-refractivity contribution < 1.29 is 4.39 Å². The maximum absolute atomic E-state index is 12.9. The van der Waals surface area contributed by atoms with E-state index in [9.17, 15) is 4.39 Å². The second-order valence-electron chi connectivity index (χ2n) is 5.29. The zero-order chi connectivity index (χ0) is 14.7. The Kier molecular flexibility index (Phi) is 4.42. The van der Waals surface area contributed by atoms with Crippen molar-refractivity contribution >= 4 is 17.3 Å². The highest BCUT2D eigenvalue weighted by Gasteiger charge is 2.14. The van der Waals surface area contributed by atoms with Crippen LogP contribution in [0.1, 0.15) is 16.7 Å². The number of nitrogens with one attached hydrogen (secondary N) is 2. The van der Waals surface area contributed by atoms with Gasteiger partial charge in [0.25, 0.3) is 0 Å². The maximum Gasteiger partial charge on any atom is 0.123 e. The van der Waals surface area contributed by atoms with Gasteiger partial charge in [0.2, 0.25) is 0 Å². The van der Waals surface area contributed by atoms with Crippen LogP contribution in [-0.2, 0) is 19.4 Å². The summed E-state index contributed by atoms with van der Waals surface area (Å²) < 4.78 is 12.9.